The van der Waals surface area contributed by atoms with Crippen molar-refractivity contribution < 1.29 is 0 Å². The molecule has 1 aliphatic carbocycles. The lowest BCUT2D eigenvalue weighted by molar-refractivity contribution is 0.148. The second-order valence-electron chi connectivity index (χ2n) is 9.46. The first-order chi connectivity index (χ1) is 16.1. The maximum absolute atomic E-state index is 4.85. The summed E-state index contributed by atoms with van der Waals surface area (Å²) in [7, 11) is 2.20. The first-order valence-electron chi connectivity index (χ1n) is 11.8. The lowest BCUT2D eigenvalue weighted by Gasteiger charge is -2.32. The number of fused-ring (bicyclic) bond motifs is 2. The molecular formula is C28H29N5. The number of nitrogens with one attached hydrogen (secondary N) is 1. The number of aromatic nitrogens is 3. The number of aromatic amines is 1. The Morgan fingerprint density at radius 3 is 2.55 bits per heavy atom. The summed E-state index contributed by atoms with van der Waals surface area (Å²) in [5.74, 6) is 0. The number of piperazine rings is 1. The minimum Gasteiger partial charge on any atom is -0.360 e. The van der Waals surface area contributed by atoms with E-state index < -0.39 is 0 Å². The predicted molar refractivity (Wildman–Crippen MR) is 134 cm³/mol. The summed E-state index contributed by atoms with van der Waals surface area (Å²) in [6.07, 6.45) is 6.81. The van der Waals surface area contributed by atoms with E-state index in [0.29, 0.717) is 0 Å². The standard InChI is InChI=1S/C28H29N5/c1-19-13-25-24(28(19)26-15-22-7-8-29-27(22)17-31-26)14-23(16-30-25)21-5-3-20(4-6-21)18-33-11-9-32(2)10-12-33/h3-8,14-17,29H,9-13,18H2,1-2H3. The van der Waals surface area contributed by atoms with Gasteiger partial charge < -0.3 is 9.88 Å². The zero-order valence-electron chi connectivity index (χ0n) is 19.3. The molecule has 3 aromatic heterocycles. The number of benzene rings is 1. The van der Waals surface area contributed by atoms with Crippen LogP contribution < -0.4 is 0 Å². The van der Waals surface area contributed by atoms with Crippen molar-refractivity contribution in [2.24, 2.45) is 0 Å². The number of likely N-dealkylation sites (N-methyl/N-ethyl adjacent to an activating group) is 1. The topological polar surface area (TPSA) is 48.1 Å². The molecule has 4 heterocycles. The van der Waals surface area contributed by atoms with Crippen molar-refractivity contribution >= 4 is 16.5 Å². The van der Waals surface area contributed by atoms with Crippen LogP contribution in [0.1, 0.15) is 29.4 Å². The number of pyridine rings is 2. The summed E-state index contributed by atoms with van der Waals surface area (Å²) in [4.78, 5) is 17.8. The summed E-state index contributed by atoms with van der Waals surface area (Å²) in [5, 5.41) is 1.19. The molecule has 33 heavy (non-hydrogen) atoms. The Kier molecular flexibility index (Phi) is 5.08. The predicted octanol–water partition coefficient (Wildman–Crippen LogP) is 4.75. The monoisotopic (exact) mass is 435 g/mol. The van der Waals surface area contributed by atoms with Gasteiger partial charge >= 0.3 is 0 Å². The third kappa shape index (κ3) is 3.88. The summed E-state index contributed by atoms with van der Waals surface area (Å²) in [6, 6.07) is 15.6. The highest BCUT2D eigenvalue weighted by Gasteiger charge is 2.23. The van der Waals surface area contributed by atoms with Gasteiger partial charge in [0.25, 0.3) is 0 Å². The van der Waals surface area contributed by atoms with Gasteiger partial charge in [0.1, 0.15) is 0 Å². The Morgan fingerprint density at radius 1 is 0.909 bits per heavy atom. The van der Waals surface area contributed by atoms with Crippen molar-refractivity contribution in [1.29, 1.82) is 0 Å². The summed E-state index contributed by atoms with van der Waals surface area (Å²) in [6.45, 7) is 7.82. The van der Waals surface area contributed by atoms with Crippen molar-refractivity contribution in [3.05, 3.63) is 89.1 Å². The highest BCUT2D eigenvalue weighted by Crippen LogP contribution is 2.38. The summed E-state index contributed by atoms with van der Waals surface area (Å²) >= 11 is 0. The fraction of sp³-hybridized carbons (Fsp3) is 0.286. The number of hydrogen-bond donors (Lipinski definition) is 1. The highest BCUT2D eigenvalue weighted by molar-refractivity contribution is 5.90. The van der Waals surface area contributed by atoms with E-state index in [-0.39, 0.29) is 0 Å². The molecule has 0 atom stereocenters. The van der Waals surface area contributed by atoms with Crippen molar-refractivity contribution in [2.75, 3.05) is 33.2 Å². The molecule has 6 rings (SSSR count). The van der Waals surface area contributed by atoms with E-state index in [1.54, 1.807) is 0 Å². The van der Waals surface area contributed by atoms with Crippen LogP contribution in [0.15, 0.2) is 66.6 Å². The first-order valence-corrected chi connectivity index (χ1v) is 11.8. The van der Waals surface area contributed by atoms with Gasteiger partial charge in [-0.05, 0) is 43.3 Å². The average molecular weight is 436 g/mol. The second kappa shape index (κ2) is 8.25. The van der Waals surface area contributed by atoms with Crippen LogP contribution in [0.4, 0.5) is 0 Å². The molecule has 1 saturated heterocycles. The van der Waals surface area contributed by atoms with Crippen LogP contribution in [0.2, 0.25) is 0 Å². The Morgan fingerprint density at radius 2 is 1.73 bits per heavy atom. The van der Waals surface area contributed by atoms with Crippen molar-refractivity contribution in [3.63, 3.8) is 0 Å². The van der Waals surface area contributed by atoms with Crippen LogP contribution in [-0.4, -0.2) is 58.0 Å². The Balaban J connectivity index is 1.27. The zero-order chi connectivity index (χ0) is 22.4. The largest absolute Gasteiger partial charge is 0.360 e. The Labute approximate surface area is 194 Å². The molecule has 0 spiro atoms. The van der Waals surface area contributed by atoms with E-state index in [2.05, 4.69) is 71.2 Å². The molecule has 1 N–H and O–H groups in total. The lowest BCUT2D eigenvalue weighted by Crippen LogP contribution is -2.43. The van der Waals surface area contributed by atoms with Gasteiger partial charge in [-0.3, -0.25) is 14.9 Å². The fourth-order valence-electron chi connectivity index (χ4n) is 5.09. The maximum atomic E-state index is 4.85. The number of H-pyrrole nitrogens is 1. The van der Waals surface area contributed by atoms with Crippen LogP contribution >= 0.6 is 0 Å². The van der Waals surface area contributed by atoms with Gasteiger partial charge in [-0.1, -0.05) is 29.8 Å². The molecule has 166 valence electrons. The maximum Gasteiger partial charge on any atom is 0.0715 e. The normalized spacial score (nSPS) is 17.2. The highest BCUT2D eigenvalue weighted by atomic mass is 15.2. The van der Waals surface area contributed by atoms with Crippen LogP contribution in [0.25, 0.3) is 27.6 Å². The van der Waals surface area contributed by atoms with E-state index in [9.17, 15) is 0 Å². The number of rotatable bonds is 4. The van der Waals surface area contributed by atoms with Crippen LogP contribution in [0.3, 0.4) is 0 Å². The zero-order valence-corrected chi connectivity index (χ0v) is 19.3. The van der Waals surface area contributed by atoms with Crippen LogP contribution in [-0.2, 0) is 13.0 Å². The molecule has 1 aliphatic heterocycles. The first kappa shape index (κ1) is 20.3. The van der Waals surface area contributed by atoms with Gasteiger partial charge in [-0.15, -0.1) is 0 Å². The van der Waals surface area contributed by atoms with Gasteiger partial charge in [-0.2, -0.15) is 0 Å². The number of nitrogens with zero attached hydrogens (tertiary/aromatic N) is 4. The molecule has 0 saturated carbocycles. The molecule has 5 nitrogen and oxygen atoms in total. The minimum absolute atomic E-state index is 0.891. The van der Waals surface area contributed by atoms with Gasteiger partial charge in [0.2, 0.25) is 0 Å². The molecule has 5 heteroatoms. The van der Waals surface area contributed by atoms with E-state index >= 15 is 0 Å². The van der Waals surface area contributed by atoms with E-state index in [4.69, 9.17) is 9.97 Å². The smallest absolute Gasteiger partial charge is 0.0715 e. The molecule has 0 amide bonds. The second-order valence-corrected chi connectivity index (χ2v) is 9.46. The molecule has 4 aromatic rings. The molecule has 1 fully saturated rings. The SMILES string of the molecule is CC1=C(c2cc3cc[nH]c3cn2)c2cc(-c3ccc(CN4CCN(C)CC4)cc3)cnc2C1. The van der Waals surface area contributed by atoms with Crippen molar-refractivity contribution in [1.82, 2.24) is 24.8 Å². The van der Waals surface area contributed by atoms with Crippen LogP contribution in [0.5, 0.6) is 0 Å². The Bertz CT molecular complexity index is 1340. The summed E-state index contributed by atoms with van der Waals surface area (Å²) < 4.78 is 0. The van der Waals surface area contributed by atoms with Crippen molar-refractivity contribution in [2.45, 2.75) is 19.9 Å². The van der Waals surface area contributed by atoms with Gasteiger partial charge in [-0.25, -0.2) is 0 Å². The third-order valence-electron chi connectivity index (χ3n) is 7.08. The molecular weight excluding hydrogens is 406 g/mol. The van der Waals surface area contributed by atoms with Gasteiger partial charge in [0, 0.05) is 73.6 Å². The molecule has 0 unspecified atom stereocenters. The molecule has 1 aromatic carbocycles. The average Bonchev–Trinajstić information content (AvgIpc) is 3.43. The van der Waals surface area contributed by atoms with E-state index in [1.807, 2.05) is 18.6 Å². The van der Waals surface area contributed by atoms with Crippen molar-refractivity contribution in [3.8, 4) is 11.1 Å². The van der Waals surface area contributed by atoms with E-state index in [0.717, 1.165) is 61.6 Å². The Hall–Kier alpha value is -3.28. The molecule has 2 aliphatic rings. The third-order valence-corrected chi connectivity index (χ3v) is 7.08. The lowest BCUT2D eigenvalue weighted by atomic mass is 9.98. The quantitative estimate of drug-likeness (QED) is 0.503. The fourth-order valence-corrected chi connectivity index (χ4v) is 5.09. The van der Waals surface area contributed by atoms with Gasteiger partial charge in [0.05, 0.1) is 23.1 Å². The molecule has 0 bridgehead atoms. The van der Waals surface area contributed by atoms with E-state index in [1.165, 1.54) is 33.2 Å². The van der Waals surface area contributed by atoms with Gasteiger partial charge in [0.15, 0.2) is 0 Å². The summed E-state index contributed by atoms with van der Waals surface area (Å²) in [5.41, 5.74) is 10.8. The number of allylic oxidation sites excluding steroid dienone is 1. The minimum atomic E-state index is 0.891. The molecule has 0 radical (unpaired) electrons. The number of hydrogen-bond acceptors (Lipinski definition) is 4. The van der Waals surface area contributed by atoms with Crippen LogP contribution in [0, 0.1) is 0 Å².